The summed E-state index contributed by atoms with van der Waals surface area (Å²) in [5, 5.41) is 1.11. The standard InChI is InChI=1S/C24H16ClF2N3O/c25-20-4-2-1-3-16(20)13-29-14-28-22-19-11-18(27)9-10-21(19)30(23(22)24(29)31)12-15-5-7-17(26)8-6-15/h1-11,14H,12-13H2. The van der Waals surface area contributed by atoms with Crippen molar-refractivity contribution >= 4 is 33.5 Å². The molecular formula is C24H16ClF2N3O. The van der Waals surface area contributed by atoms with Gasteiger partial charge in [-0.2, -0.15) is 0 Å². The number of halogens is 3. The molecule has 154 valence electrons. The minimum absolute atomic E-state index is 0.258. The highest BCUT2D eigenvalue weighted by molar-refractivity contribution is 6.31. The fraction of sp³-hybridized carbons (Fsp3) is 0.0833. The van der Waals surface area contributed by atoms with Crippen LogP contribution in [0.3, 0.4) is 0 Å². The molecular weight excluding hydrogens is 420 g/mol. The van der Waals surface area contributed by atoms with Crippen molar-refractivity contribution < 1.29 is 8.78 Å². The van der Waals surface area contributed by atoms with E-state index in [-0.39, 0.29) is 17.9 Å². The summed E-state index contributed by atoms with van der Waals surface area (Å²) in [5.41, 5.74) is 2.81. The minimum Gasteiger partial charge on any atom is -0.330 e. The first-order valence-electron chi connectivity index (χ1n) is 9.66. The van der Waals surface area contributed by atoms with Gasteiger partial charge in [-0.1, -0.05) is 41.9 Å². The molecule has 0 N–H and O–H groups in total. The fourth-order valence-electron chi connectivity index (χ4n) is 3.83. The molecule has 7 heteroatoms. The van der Waals surface area contributed by atoms with E-state index in [2.05, 4.69) is 4.98 Å². The summed E-state index contributed by atoms with van der Waals surface area (Å²) in [6.45, 7) is 0.576. The summed E-state index contributed by atoms with van der Waals surface area (Å²) in [5.74, 6) is -0.743. The van der Waals surface area contributed by atoms with Crippen LogP contribution in [0.1, 0.15) is 11.1 Å². The molecule has 0 aliphatic rings. The van der Waals surface area contributed by atoms with E-state index in [9.17, 15) is 13.6 Å². The van der Waals surface area contributed by atoms with Gasteiger partial charge in [0, 0.05) is 17.0 Å². The maximum absolute atomic E-state index is 14.0. The number of hydrogen-bond acceptors (Lipinski definition) is 2. The van der Waals surface area contributed by atoms with Crippen LogP contribution in [0.2, 0.25) is 5.02 Å². The van der Waals surface area contributed by atoms with Crippen LogP contribution in [0.5, 0.6) is 0 Å². The maximum atomic E-state index is 14.0. The topological polar surface area (TPSA) is 39.8 Å². The Labute approximate surface area is 181 Å². The molecule has 4 nitrogen and oxygen atoms in total. The second-order valence-corrected chi connectivity index (χ2v) is 7.75. The third-order valence-electron chi connectivity index (χ3n) is 5.34. The zero-order valence-electron chi connectivity index (χ0n) is 16.2. The zero-order chi connectivity index (χ0) is 21.5. The van der Waals surface area contributed by atoms with Gasteiger partial charge in [-0.05, 0) is 47.5 Å². The van der Waals surface area contributed by atoms with E-state index in [1.807, 2.05) is 18.2 Å². The molecule has 0 unspecified atom stereocenters. The van der Waals surface area contributed by atoms with Gasteiger partial charge < -0.3 is 4.57 Å². The summed E-state index contributed by atoms with van der Waals surface area (Å²) in [6.07, 6.45) is 1.46. The lowest BCUT2D eigenvalue weighted by atomic mass is 10.2. The molecule has 5 rings (SSSR count). The molecule has 0 aliphatic heterocycles. The predicted molar refractivity (Wildman–Crippen MR) is 118 cm³/mol. The van der Waals surface area contributed by atoms with Crippen molar-refractivity contribution in [1.82, 2.24) is 14.1 Å². The lowest BCUT2D eigenvalue weighted by Gasteiger charge is -2.10. The van der Waals surface area contributed by atoms with E-state index in [4.69, 9.17) is 11.6 Å². The first-order chi connectivity index (χ1) is 15.0. The molecule has 3 aromatic carbocycles. The SMILES string of the molecule is O=c1c2c(ncn1Cc1ccccc1Cl)c1cc(F)ccc1n2Cc1ccc(F)cc1. The zero-order valence-corrected chi connectivity index (χ0v) is 17.0. The molecule has 2 aromatic heterocycles. The van der Waals surface area contributed by atoms with Crippen LogP contribution in [0, 0.1) is 11.6 Å². The maximum Gasteiger partial charge on any atom is 0.278 e. The Hall–Kier alpha value is -3.51. The summed E-state index contributed by atoms with van der Waals surface area (Å²) in [6, 6.07) is 17.7. The molecule has 0 bridgehead atoms. The van der Waals surface area contributed by atoms with Gasteiger partial charge in [-0.25, -0.2) is 13.8 Å². The Morgan fingerprint density at radius 3 is 2.42 bits per heavy atom. The molecule has 31 heavy (non-hydrogen) atoms. The van der Waals surface area contributed by atoms with Crippen molar-refractivity contribution in [3.05, 3.63) is 111 Å². The summed E-state index contributed by atoms with van der Waals surface area (Å²) < 4.78 is 30.6. The Bertz CT molecular complexity index is 1490. The van der Waals surface area contributed by atoms with Crippen LogP contribution in [0.4, 0.5) is 8.78 Å². The van der Waals surface area contributed by atoms with Crippen molar-refractivity contribution in [2.75, 3.05) is 0 Å². The first kappa shape index (κ1) is 19.5. The van der Waals surface area contributed by atoms with Gasteiger partial charge in [0.15, 0.2) is 0 Å². The average Bonchev–Trinajstić information content (AvgIpc) is 3.06. The number of rotatable bonds is 4. The highest BCUT2D eigenvalue weighted by Gasteiger charge is 2.18. The lowest BCUT2D eigenvalue weighted by molar-refractivity contribution is 0.626. The second kappa shape index (κ2) is 7.63. The third kappa shape index (κ3) is 3.49. The van der Waals surface area contributed by atoms with Crippen LogP contribution < -0.4 is 5.56 Å². The van der Waals surface area contributed by atoms with Gasteiger partial charge in [-0.15, -0.1) is 0 Å². The van der Waals surface area contributed by atoms with Gasteiger partial charge in [-0.3, -0.25) is 9.36 Å². The molecule has 0 amide bonds. The van der Waals surface area contributed by atoms with Crippen LogP contribution in [0.25, 0.3) is 21.9 Å². The Kier molecular flexibility index (Phi) is 4.79. The predicted octanol–water partition coefficient (Wildman–Crippen LogP) is 5.38. The molecule has 0 aliphatic carbocycles. The Morgan fingerprint density at radius 2 is 1.65 bits per heavy atom. The van der Waals surface area contributed by atoms with Crippen LogP contribution >= 0.6 is 11.6 Å². The summed E-state index contributed by atoms with van der Waals surface area (Å²) in [4.78, 5) is 18.0. The van der Waals surface area contributed by atoms with Gasteiger partial charge >= 0.3 is 0 Å². The Balaban J connectivity index is 1.73. The smallest absolute Gasteiger partial charge is 0.278 e. The van der Waals surface area contributed by atoms with E-state index < -0.39 is 5.82 Å². The van der Waals surface area contributed by atoms with Crippen molar-refractivity contribution in [3.63, 3.8) is 0 Å². The van der Waals surface area contributed by atoms with Crippen LogP contribution in [-0.4, -0.2) is 14.1 Å². The highest BCUT2D eigenvalue weighted by atomic mass is 35.5. The van der Waals surface area contributed by atoms with Crippen molar-refractivity contribution in [3.8, 4) is 0 Å². The molecule has 2 heterocycles. The number of benzene rings is 3. The molecule has 0 saturated carbocycles. The van der Waals surface area contributed by atoms with E-state index >= 15 is 0 Å². The van der Waals surface area contributed by atoms with Gasteiger partial charge in [0.25, 0.3) is 5.56 Å². The van der Waals surface area contributed by atoms with Crippen molar-refractivity contribution in [1.29, 1.82) is 0 Å². The average molecular weight is 436 g/mol. The van der Waals surface area contributed by atoms with E-state index in [0.717, 1.165) is 11.1 Å². The number of fused-ring (bicyclic) bond motifs is 3. The number of aromatic nitrogens is 3. The summed E-state index contributed by atoms with van der Waals surface area (Å²) >= 11 is 6.26. The van der Waals surface area contributed by atoms with E-state index in [1.54, 1.807) is 28.8 Å². The Morgan fingerprint density at radius 1 is 0.903 bits per heavy atom. The first-order valence-corrected chi connectivity index (χ1v) is 10.0. The molecule has 0 atom stereocenters. The van der Waals surface area contributed by atoms with E-state index in [0.29, 0.717) is 33.5 Å². The molecule has 0 radical (unpaired) electrons. The minimum atomic E-state index is -0.407. The monoisotopic (exact) mass is 435 g/mol. The van der Waals surface area contributed by atoms with Crippen LogP contribution in [-0.2, 0) is 13.1 Å². The van der Waals surface area contributed by atoms with Crippen molar-refractivity contribution in [2.45, 2.75) is 13.1 Å². The fourth-order valence-corrected chi connectivity index (χ4v) is 4.03. The molecule has 0 fully saturated rings. The molecule has 0 spiro atoms. The number of nitrogens with zero attached hydrogens (tertiary/aromatic N) is 3. The largest absolute Gasteiger partial charge is 0.330 e. The lowest BCUT2D eigenvalue weighted by Crippen LogP contribution is -2.23. The molecule has 5 aromatic rings. The van der Waals surface area contributed by atoms with Crippen molar-refractivity contribution in [2.24, 2.45) is 0 Å². The second-order valence-electron chi connectivity index (χ2n) is 7.34. The normalized spacial score (nSPS) is 11.5. The highest BCUT2D eigenvalue weighted by Crippen LogP contribution is 2.27. The van der Waals surface area contributed by atoms with Crippen LogP contribution in [0.15, 0.2) is 77.9 Å². The third-order valence-corrected chi connectivity index (χ3v) is 5.71. The van der Waals surface area contributed by atoms with Gasteiger partial charge in [0.2, 0.25) is 0 Å². The molecule has 0 saturated heterocycles. The summed E-state index contributed by atoms with van der Waals surface area (Å²) in [7, 11) is 0. The number of hydrogen-bond donors (Lipinski definition) is 0. The van der Waals surface area contributed by atoms with E-state index in [1.165, 1.54) is 35.2 Å². The van der Waals surface area contributed by atoms with Gasteiger partial charge in [0.05, 0.1) is 18.4 Å². The quantitative estimate of drug-likeness (QED) is 0.380. The van der Waals surface area contributed by atoms with Gasteiger partial charge in [0.1, 0.15) is 22.7 Å².